The number of hydrogen-bond donors (Lipinski definition) is 3. The zero-order valence-electron chi connectivity index (χ0n) is 11.6. The van der Waals surface area contributed by atoms with E-state index in [0.717, 1.165) is 19.4 Å². The van der Waals surface area contributed by atoms with Crippen LogP contribution in [0.3, 0.4) is 0 Å². The maximum absolute atomic E-state index is 8.74. The highest BCUT2D eigenvalue weighted by Crippen LogP contribution is 2.37. The number of hydrogen-bond acceptors (Lipinski definition) is 3. The van der Waals surface area contributed by atoms with E-state index in [9.17, 15) is 0 Å². The van der Waals surface area contributed by atoms with Gasteiger partial charge in [-0.3, -0.25) is 10.1 Å². The maximum Gasteiger partial charge on any atom is 0.213 e. The van der Waals surface area contributed by atoms with Gasteiger partial charge < -0.3 is 5.73 Å². The standard InChI is InChI=1S/C15H22N4O/c16-15(18-20)17-12-8-13-6-7-14(9-12)19(13)10-11-4-2-1-3-5-11/h1-5,12-14,20H,6-10H2,(H3,16,17,18). The first-order chi connectivity index (χ1) is 9.76. The molecule has 2 fully saturated rings. The van der Waals surface area contributed by atoms with Gasteiger partial charge >= 0.3 is 0 Å². The van der Waals surface area contributed by atoms with Gasteiger partial charge in [0.25, 0.3) is 0 Å². The lowest BCUT2D eigenvalue weighted by molar-refractivity contribution is 0.120. The first-order valence-electron chi connectivity index (χ1n) is 7.29. The van der Waals surface area contributed by atoms with Crippen molar-refractivity contribution in [2.75, 3.05) is 0 Å². The van der Waals surface area contributed by atoms with Gasteiger partial charge in [-0.05, 0) is 31.2 Å². The molecule has 0 aromatic heterocycles. The predicted octanol–water partition coefficient (Wildman–Crippen LogP) is 1.48. The predicted molar refractivity (Wildman–Crippen MR) is 78.4 cm³/mol. The third-order valence-corrected chi connectivity index (χ3v) is 4.50. The van der Waals surface area contributed by atoms with Crippen molar-refractivity contribution in [1.29, 1.82) is 0 Å². The number of piperidine rings is 1. The molecule has 2 unspecified atom stereocenters. The van der Waals surface area contributed by atoms with Gasteiger partial charge in [0.2, 0.25) is 5.96 Å². The number of rotatable bonds is 3. The molecule has 0 saturated carbocycles. The highest BCUT2D eigenvalue weighted by atomic mass is 16.5. The normalized spacial score (nSPS) is 30.4. The minimum atomic E-state index is 0.130. The number of guanidine groups is 1. The Kier molecular flexibility index (Phi) is 3.89. The Hall–Kier alpha value is -1.59. The highest BCUT2D eigenvalue weighted by molar-refractivity contribution is 5.76. The van der Waals surface area contributed by atoms with E-state index in [4.69, 9.17) is 10.9 Å². The molecule has 5 heteroatoms. The van der Waals surface area contributed by atoms with E-state index in [2.05, 4.69) is 40.2 Å². The zero-order chi connectivity index (χ0) is 13.9. The Labute approximate surface area is 119 Å². The SMILES string of the molecule is NC(=NC1CC2CCC(C1)N2Cc1ccccc1)NO. The number of nitrogens with zero attached hydrogens (tertiary/aromatic N) is 2. The van der Waals surface area contributed by atoms with Crippen LogP contribution in [-0.4, -0.2) is 34.2 Å². The minimum Gasteiger partial charge on any atom is -0.368 e. The monoisotopic (exact) mass is 274 g/mol. The minimum absolute atomic E-state index is 0.130. The second kappa shape index (κ2) is 5.81. The number of fused-ring (bicyclic) bond motifs is 2. The molecule has 1 aromatic carbocycles. The fraction of sp³-hybridized carbons (Fsp3) is 0.533. The molecule has 5 nitrogen and oxygen atoms in total. The van der Waals surface area contributed by atoms with Gasteiger partial charge in [0.15, 0.2) is 0 Å². The molecule has 2 saturated heterocycles. The Morgan fingerprint density at radius 2 is 1.90 bits per heavy atom. The molecular formula is C15H22N4O. The number of benzene rings is 1. The molecule has 0 aliphatic carbocycles. The van der Waals surface area contributed by atoms with Crippen LogP contribution < -0.4 is 11.2 Å². The zero-order valence-corrected chi connectivity index (χ0v) is 11.6. The average Bonchev–Trinajstić information content (AvgIpc) is 2.71. The van der Waals surface area contributed by atoms with E-state index in [1.807, 2.05) is 5.48 Å². The van der Waals surface area contributed by atoms with Crippen LogP contribution in [0.1, 0.15) is 31.2 Å². The highest BCUT2D eigenvalue weighted by Gasteiger charge is 2.40. The van der Waals surface area contributed by atoms with Gasteiger partial charge in [-0.25, -0.2) is 10.5 Å². The molecule has 2 bridgehead atoms. The van der Waals surface area contributed by atoms with Crippen molar-refractivity contribution in [2.24, 2.45) is 10.7 Å². The topological polar surface area (TPSA) is 73.9 Å². The van der Waals surface area contributed by atoms with Crippen LogP contribution in [-0.2, 0) is 6.54 Å². The Morgan fingerprint density at radius 3 is 2.50 bits per heavy atom. The van der Waals surface area contributed by atoms with Crippen LogP contribution >= 0.6 is 0 Å². The third-order valence-electron chi connectivity index (χ3n) is 4.50. The van der Waals surface area contributed by atoms with Crippen molar-refractivity contribution >= 4 is 5.96 Å². The summed E-state index contributed by atoms with van der Waals surface area (Å²) in [5, 5.41) is 8.74. The molecule has 2 aliphatic rings. The van der Waals surface area contributed by atoms with E-state index >= 15 is 0 Å². The molecule has 2 heterocycles. The second-order valence-electron chi connectivity index (χ2n) is 5.79. The van der Waals surface area contributed by atoms with Crippen LogP contribution in [0, 0.1) is 0 Å². The summed E-state index contributed by atoms with van der Waals surface area (Å²) in [4.78, 5) is 6.96. The van der Waals surface area contributed by atoms with Crippen molar-refractivity contribution in [3.8, 4) is 0 Å². The molecule has 2 atom stereocenters. The Balaban J connectivity index is 1.66. The van der Waals surface area contributed by atoms with E-state index in [0.29, 0.717) is 12.1 Å². The summed E-state index contributed by atoms with van der Waals surface area (Å²) in [5.74, 6) is 0.130. The smallest absolute Gasteiger partial charge is 0.213 e. The molecule has 3 rings (SSSR count). The van der Waals surface area contributed by atoms with Crippen LogP contribution in [0.15, 0.2) is 35.3 Å². The van der Waals surface area contributed by atoms with Crippen LogP contribution in [0.4, 0.5) is 0 Å². The first-order valence-corrected chi connectivity index (χ1v) is 7.29. The molecule has 2 aliphatic heterocycles. The molecule has 1 aromatic rings. The van der Waals surface area contributed by atoms with Gasteiger partial charge in [0.05, 0.1) is 6.04 Å². The Morgan fingerprint density at radius 1 is 1.25 bits per heavy atom. The van der Waals surface area contributed by atoms with Gasteiger partial charge in [-0.1, -0.05) is 30.3 Å². The van der Waals surface area contributed by atoms with Crippen molar-refractivity contribution in [2.45, 2.75) is 50.4 Å². The summed E-state index contributed by atoms with van der Waals surface area (Å²) in [7, 11) is 0. The lowest BCUT2D eigenvalue weighted by Gasteiger charge is -2.37. The van der Waals surface area contributed by atoms with Gasteiger partial charge in [0, 0.05) is 18.6 Å². The van der Waals surface area contributed by atoms with Crippen LogP contribution in [0.2, 0.25) is 0 Å². The van der Waals surface area contributed by atoms with Crippen LogP contribution in [0.25, 0.3) is 0 Å². The Bertz CT molecular complexity index is 462. The summed E-state index contributed by atoms with van der Waals surface area (Å²) in [6, 6.07) is 12.1. The molecule has 4 N–H and O–H groups in total. The summed E-state index contributed by atoms with van der Waals surface area (Å²) in [5.41, 5.74) is 8.85. The quantitative estimate of drug-likeness (QED) is 0.443. The lowest BCUT2D eigenvalue weighted by Crippen LogP contribution is -2.44. The van der Waals surface area contributed by atoms with E-state index < -0.39 is 0 Å². The second-order valence-corrected chi connectivity index (χ2v) is 5.79. The summed E-state index contributed by atoms with van der Waals surface area (Å²) < 4.78 is 0. The van der Waals surface area contributed by atoms with Crippen molar-refractivity contribution in [3.05, 3.63) is 35.9 Å². The first kappa shape index (κ1) is 13.4. The summed E-state index contributed by atoms with van der Waals surface area (Å²) in [6.07, 6.45) is 4.56. The molecule has 0 radical (unpaired) electrons. The average molecular weight is 274 g/mol. The molecular weight excluding hydrogens is 252 g/mol. The third kappa shape index (κ3) is 2.78. The largest absolute Gasteiger partial charge is 0.368 e. The fourth-order valence-electron chi connectivity index (χ4n) is 3.63. The van der Waals surface area contributed by atoms with Gasteiger partial charge in [-0.2, -0.15) is 0 Å². The molecule has 108 valence electrons. The number of nitrogens with one attached hydrogen (secondary N) is 1. The van der Waals surface area contributed by atoms with Gasteiger partial charge in [0.1, 0.15) is 0 Å². The molecule has 0 amide bonds. The van der Waals surface area contributed by atoms with Crippen LogP contribution in [0.5, 0.6) is 0 Å². The number of aliphatic imine (C=N–C) groups is 1. The summed E-state index contributed by atoms with van der Waals surface area (Å²) >= 11 is 0. The van der Waals surface area contributed by atoms with Crippen molar-refractivity contribution in [1.82, 2.24) is 10.4 Å². The van der Waals surface area contributed by atoms with Crippen molar-refractivity contribution in [3.63, 3.8) is 0 Å². The van der Waals surface area contributed by atoms with Gasteiger partial charge in [-0.15, -0.1) is 0 Å². The van der Waals surface area contributed by atoms with E-state index in [1.54, 1.807) is 0 Å². The molecule has 0 spiro atoms. The molecule has 20 heavy (non-hydrogen) atoms. The fourth-order valence-corrected chi connectivity index (χ4v) is 3.63. The van der Waals surface area contributed by atoms with E-state index in [-0.39, 0.29) is 12.0 Å². The van der Waals surface area contributed by atoms with Crippen molar-refractivity contribution < 1.29 is 5.21 Å². The number of hydroxylamine groups is 1. The lowest BCUT2D eigenvalue weighted by atomic mass is 9.97. The maximum atomic E-state index is 8.74. The summed E-state index contributed by atoms with van der Waals surface area (Å²) in [6.45, 7) is 1.03. The number of nitrogens with two attached hydrogens (primary N) is 1. The van der Waals surface area contributed by atoms with E-state index in [1.165, 1.54) is 18.4 Å².